The molecule has 1 fully saturated rings. The van der Waals surface area contributed by atoms with Crippen molar-refractivity contribution in [1.29, 1.82) is 0 Å². The van der Waals surface area contributed by atoms with Crippen molar-refractivity contribution in [2.75, 3.05) is 19.6 Å². The third-order valence-corrected chi connectivity index (χ3v) is 2.29. The van der Waals surface area contributed by atoms with E-state index in [2.05, 4.69) is 6.92 Å². The van der Waals surface area contributed by atoms with E-state index < -0.39 is 0 Å². The van der Waals surface area contributed by atoms with E-state index in [0.29, 0.717) is 11.8 Å². The largest absolute Gasteiger partial charge is 0.342 e. The van der Waals surface area contributed by atoms with Crippen LogP contribution in [0.5, 0.6) is 0 Å². The summed E-state index contributed by atoms with van der Waals surface area (Å²) in [6.45, 7) is 4.71. The van der Waals surface area contributed by atoms with Crippen molar-refractivity contribution in [3.63, 3.8) is 0 Å². The lowest BCUT2D eigenvalue weighted by Gasteiger charge is -2.15. The van der Waals surface area contributed by atoms with Crippen LogP contribution in [0.1, 0.15) is 26.2 Å². The number of likely N-dealkylation sites (tertiary alicyclic amines) is 1. The summed E-state index contributed by atoms with van der Waals surface area (Å²) in [5.41, 5.74) is 5.37. The summed E-state index contributed by atoms with van der Waals surface area (Å²) in [5, 5.41) is 0. The number of rotatable bonds is 4. The summed E-state index contributed by atoms with van der Waals surface area (Å²) in [6, 6.07) is 0. The van der Waals surface area contributed by atoms with Crippen LogP contribution in [-0.4, -0.2) is 30.4 Å². The lowest BCUT2D eigenvalue weighted by Crippen LogP contribution is -2.26. The maximum Gasteiger partial charge on any atom is 0.222 e. The fraction of sp³-hybridized carbons (Fsp3) is 0.889. The lowest BCUT2D eigenvalue weighted by molar-refractivity contribution is -0.127. The number of amides is 1. The predicted octanol–water partition coefficient (Wildman–Crippen LogP) is 0.594. The van der Waals surface area contributed by atoms with Gasteiger partial charge in [0.25, 0.3) is 0 Å². The molecule has 70 valence electrons. The molecule has 0 spiro atoms. The van der Waals surface area contributed by atoms with E-state index in [1.165, 1.54) is 0 Å². The van der Waals surface area contributed by atoms with Crippen molar-refractivity contribution in [3.05, 3.63) is 0 Å². The van der Waals surface area contributed by atoms with Crippen LogP contribution in [0.25, 0.3) is 0 Å². The van der Waals surface area contributed by atoms with Crippen LogP contribution in [0.2, 0.25) is 0 Å². The van der Waals surface area contributed by atoms with Gasteiger partial charge in [-0.05, 0) is 25.3 Å². The first kappa shape index (κ1) is 9.52. The van der Waals surface area contributed by atoms with E-state index in [-0.39, 0.29) is 0 Å². The van der Waals surface area contributed by atoms with Gasteiger partial charge in [-0.3, -0.25) is 4.79 Å². The highest BCUT2D eigenvalue weighted by Gasteiger charge is 2.25. The minimum absolute atomic E-state index is 0.319. The normalized spacial score (nSPS) is 23.7. The summed E-state index contributed by atoms with van der Waals surface area (Å²) in [5.74, 6) is 0.870. The van der Waals surface area contributed by atoms with Gasteiger partial charge in [0.15, 0.2) is 0 Å². The van der Waals surface area contributed by atoms with E-state index in [1.807, 2.05) is 4.90 Å². The molecule has 1 heterocycles. The Hall–Kier alpha value is -0.570. The van der Waals surface area contributed by atoms with E-state index in [4.69, 9.17) is 5.73 Å². The zero-order valence-corrected chi connectivity index (χ0v) is 7.75. The third kappa shape index (κ3) is 2.48. The standard InChI is InChI=1S/C9H18N2O/c1-8-6-9(12)11(7-8)5-3-2-4-10/h8H,2-7,10H2,1H3. The molecule has 1 atom stereocenters. The monoisotopic (exact) mass is 170 g/mol. The quantitative estimate of drug-likeness (QED) is 0.628. The van der Waals surface area contributed by atoms with E-state index >= 15 is 0 Å². The molecule has 3 nitrogen and oxygen atoms in total. The number of carbonyl (C=O) groups is 1. The number of carbonyl (C=O) groups excluding carboxylic acids is 1. The molecule has 0 aromatic carbocycles. The van der Waals surface area contributed by atoms with E-state index in [1.54, 1.807) is 0 Å². The second-order valence-electron chi connectivity index (χ2n) is 3.64. The number of nitrogens with zero attached hydrogens (tertiary/aromatic N) is 1. The van der Waals surface area contributed by atoms with Gasteiger partial charge in [-0.25, -0.2) is 0 Å². The van der Waals surface area contributed by atoms with Crippen LogP contribution in [0.3, 0.4) is 0 Å². The Balaban J connectivity index is 2.19. The highest BCUT2D eigenvalue weighted by Crippen LogP contribution is 2.16. The van der Waals surface area contributed by atoms with Crippen LogP contribution in [0, 0.1) is 5.92 Å². The molecule has 3 heteroatoms. The molecular weight excluding hydrogens is 152 g/mol. The second-order valence-corrected chi connectivity index (χ2v) is 3.64. The van der Waals surface area contributed by atoms with Gasteiger partial charge >= 0.3 is 0 Å². The highest BCUT2D eigenvalue weighted by atomic mass is 16.2. The molecule has 0 aromatic rings. The Morgan fingerprint density at radius 3 is 2.83 bits per heavy atom. The Morgan fingerprint density at radius 1 is 1.58 bits per heavy atom. The van der Waals surface area contributed by atoms with Crippen LogP contribution >= 0.6 is 0 Å². The van der Waals surface area contributed by atoms with E-state index in [0.717, 1.165) is 38.9 Å². The highest BCUT2D eigenvalue weighted by molar-refractivity contribution is 5.78. The van der Waals surface area contributed by atoms with Gasteiger partial charge in [-0.15, -0.1) is 0 Å². The van der Waals surface area contributed by atoms with E-state index in [9.17, 15) is 4.79 Å². The molecule has 1 amide bonds. The van der Waals surface area contributed by atoms with Crippen LogP contribution in [0.4, 0.5) is 0 Å². The molecule has 1 aliphatic heterocycles. The van der Waals surface area contributed by atoms with Gasteiger partial charge in [0.1, 0.15) is 0 Å². The topological polar surface area (TPSA) is 46.3 Å². The molecular formula is C9H18N2O. The second kappa shape index (κ2) is 4.45. The minimum Gasteiger partial charge on any atom is -0.342 e. The van der Waals surface area contributed by atoms with Gasteiger partial charge in [-0.1, -0.05) is 6.92 Å². The zero-order chi connectivity index (χ0) is 8.97. The molecule has 0 radical (unpaired) electrons. The van der Waals surface area contributed by atoms with Gasteiger partial charge in [-0.2, -0.15) is 0 Å². The van der Waals surface area contributed by atoms with Crippen molar-refractivity contribution in [3.8, 4) is 0 Å². The molecule has 0 aliphatic carbocycles. The van der Waals surface area contributed by atoms with Crippen LogP contribution < -0.4 is 5.73 Å². The molecule has 0 saturated carbocycles. The zero-order valence-electron chi connectivity index (χ0n) is 7.75. The molecule has 1 aliphatic rings. The molecule has 0 aromatic heterocycles. The molecule has 0 bridgehead atoms. The summed E-state index contributed by atoms with van der Waals surface area (Å²) < 4.78 is 0. The fourth-order valence-electron chi connectivity index (χ4n) is 1.63. The van der Waals surface area contributed by atoms with Crippen molar-refractivity contribution >= 4 is 5.91 Å². The average Bonchev–Trinajstić information content (AvgIpc) is 2.31. The molecule has 1 unspecified atom stereocenters. The summed E-state index contributed by atoms with van der Waals surface area (Å²) in [4.78, 5) is 13.2. The van der Waals surface area contributed by atoms with Gasteiger partial charge < -0.3 is 10.6 Å². The summed E-state index contributed by atoms with van der Waals surface area (Å²) in [6.07, 6.45) is 2.82. The maximum atomic E-state index is 11.3. The summed E-state index contributed by atoms with van der Waals surface area (Å²) >= 11 is 0. The van der Waals surface area contributed by atoms with Crippen molar-refractivity contribution in [2.45, 2.75) is 26.2 Å². The van der Waals surface area contributed by atoms with Gasteiger partial charge in [0.05, 0.1) is 0 Å². The SMILES string of the molecule is CC1CC(=O)N(CCCCN)C1. The first-order chi connectivity index (χ1) is 5.74. The number of nitrogens with two attached hydrogens (primary N) is 1. The van der Waals surface area contributed by atoms with Crippen molar-refractivity contribution < 1.29 is 4.79 Å². The summed E-state index contributed by atoms with van der Waals surface area (Å²) in [7, 11) is 0. The first-order valence-electron chi connectivity index (χ1n) is 4.72. The predicted molar refractivity (Wildman–Crippen MR) is 48.6 cm³/mol. The number of hydrogen-bond donors (Lipinski definition) is 1. The number of unbranched alkanes of at least 4 members (excludes halogenated alkanes) is 1. The Kier molecular flexibility index (Phi) is 3.53. The molecule has 1 saturated heterocycles. The van der Waals surface area contributed by atoms with Gasteiger partial charge in [0, 0.05) is 19.5 Å². The number of hydrogen-bond acceptors (Lipinski definition) is 2. The van der Waals surface area contributed by atoms with Crippen molar-refractivity contribution in [1.82, 2.24) is 4.90 Å². The average molecular weight is 170 g/mol. The Labute approximate surface area is 73.9 Å². The third-order valence-electron chi connectivity index (χ3n) is 2.29. The maximum absolute atomic E-state index is 11.3. The molecule has 2 N–H and O–H groups in total. The van der Waals surface area contributed by atoms with Crippen molar-refractivity contribution in [2.24, 2.45) is 11.7 Å². The van der Waals surface area contributed by atoms with Gasteiger partial charge in [0.2, 0.25) is 5.91 Å². The Bertz CT molecular complexity index is 159. The smallest absolute Gasteiger partial charge is 0.222 e. The minimum atomic E-state index is 0.319. The van der Waals surface area contributed by atoms with Crippen LogP contribution in [0.15, 0.2) is 0 Å². The Morgan fingerprint density at radius 2 is 2.33 bits per heavy atom. The fourth-order valence-corrected chi connectivity index (χ4v) is 1.63. The van der Waals surface area contributed by atoms with Crippen LogP contribution in [-0.2, 0) is 4.79 Å². The first-order valence-corrected chi connectivity index (χ1v) is 4.72. The molecule has 1 rings (SSSR count). The lowest BCUT2D eigenvalue weighted by atomic mass is 10.2. The molecule has 12 heavy (non-hydrogen) atoms.